The Kier molecular flexibility index (Phi) is 5.26. The molecule has 0 unspecified atom stereocenters. The number of Topliss-reactive ketones (excluding diaryl/α,β-unsaturated/α-hetero) is 1. The Labute approximate surface area is 165 Å². The van der Waals surface area contributed by atoms with Crippen LogP contribution < -0.4 is 0 Å². The van der Waals surface area contributed by atoms with Crippen molar-refractivity contribution in [3.8, 4) is 0 Å². The summed E-state index contributed by atoms with van der Waals surface area (Å²) in [6.07, 6.45) is 3.37. The predicted octanol–water partition coefficient (Wildman–Crippen LogP) is 4.32. The van der Waals surface area contributed by atoms with Gasteiger partial charge in [-0.15, -0.1) is 0 Å². The van der Waals surface area contributed by atoms with Crippen LogP contribution in [0.2, 0.25) is 0 Å². The standard InChI is InChI=1S/C22H28O6/c1-7-11(2)21(25)28-20-16-12(3)10-26-19(16)18(24)17-15(27-14(5)23)9-8-13(4)22(17,20)6/h7,10,13,15,17,20H,8-9H2,1-6H3/b11-7-/t13-,15-,17-,20+,22+/m0/s1. The van der Waals surface area contributed by atoms with Crippen LogP contribution >= 0.6 is 0 Å². The summed E-state index contributed by atoms with van der Waals surface area (Å²) >= 11 is 0. The maximum Gasteiger partial charge on any atom is 0.334 e. The van der Waals surface area contributed by atoms with E-state index >= 15 is 0 Å². The molecule has 0 spiro atoms. The predicted molar refractivity (Wildman–Crippen MR) is 102 cm³/mol. The maximum atomic E-state index is 13.4. The summed E-state index contributed by atoms with van der Waals surface area (Å²) in [6, 6.07) is 0. The number of ether oxygens (including phenoxy) is 2. The lowest BCUT2D eigenvalue weighted by molar-refractivity contribution is -0.178. The fourth-order valence-electron chi connectivity index (χ4n) is 4.74. The molecule has 0 aromatic carbocycles. The highest BCUT2D eigenvalue weighted by Crippen LogP contribution is 2.60. The van der Waals surface area contributed by atoms with Crippen molar-refractivity contribution >= 4 is 17.7 Å². The van der Waals surface area contributed by atoms with Crippen molar-refractivity contribution in [2.24, 2.45) is 17.3 Å². The van der Waals surface area contributed by atoms with Crippen LogP contribution in [0.3, 0.4) is 0 Å². The summed E-state index contributed by atoms with van der Waals surface area (Å²) in [5.41, 5.74) is 1.21. The quantitative estimate of drug-likeness (QED) is 0.566. The molecule has 0 radical (unpaired) electrons. The van der Waals surface area contributed by atoms with Crippen LogP contribution in [0.1, 0.15) is 75.2 Å². The van der Waals surface area contributed by atoms with E-state index in [0.29, 0.717) is 17.6 Å². The second-order valence-corrected chi connectivity index (χ2v) is 8.25. The zero-order valence-electron chi connectivity index (χ0n) is 17.3. The summed E-state index contributed by atoms with van der Waals surface area (Å²) in [7, 11) is 0. The first-order chi connectivity index (χ1) is 13.1. The number of fused-ring (bicyclic) bond motifs is 2. The Bertz CT molecular complexity index is 847. The summed E-state index contributed by atoms with van der Waals surface area (Å²) in [4.78, 5) is 37.7. The minimum absolute atomic E-state index is 0.0828. The molecule has 2 aliphatic rings. The van der Waals surface area contributed by atoms with Crippen molar-refractivity contribution in [1.29, 1.82) is 0 Å². The molecule has 1 saturated carbocycles. The summed E-state index contributed by atoms with van der Waals surface area (Å²) in [5.74, 6) is -1.36. The molecule has 0 aliphatic heterocycles. The van der Waals surface area contributed by atoms with E-state index < -0.39 is 35.5 Å². The van der Waals surface area contributed by atoms with Gasteiger partial charge in [0, 0.05) is 23.5 Å². The summed E-state index contributed by atoms with van der Waals surface area (Å²) in [5, 5.41) is 0. The Balaban J connectivity index is 2.16. The van der Waals surface area contributed by atoms with Crippen LogP contribution in [0.25, 0.3) is 0 Å². The number of aryl methyl sites for hydroxylation is 1. The van der Waals surface area contributed by atoms with Gasteiger partial charge in [-0.2, -0.15) is 0 Å². The van der Waals surface area contributed by atoms with Gasteiger partial charge in [0.15, 0.2) is 5.76 Å². The molecular formula is C22H28O6. The van der Waals surface area contributed by atoms with Crippen LogP contribution in [0.15, 0.2) is 22.3 Å². The fourth-order valence-corrected chi connectivity index (χ4v) is 4.74. The summed E-state index contributed by atoms with van der Waals surface area (Å²) in [6.45, 7) is 10.7. The number of hydrogen-bond donors (Lipinski definition) is 0. The van der Waals surface area contributed by atoms with Crippen LogP contribution in [0.4, 0.5) is 0 Å². The van der Waals surface area contributed by atoms with Gasteiger partial charge in [0.25, 0.3) is 0 Å². The summed E-state index contributed by atoms with van der Waals surface area (Å²) < 4.78 is 17.1. The Hall–Kier alpha value is -2.37. The van der Waals surface area contributed by atoms with Gasteiger partial charge < -0.3 is 13.9 Å². The first-order valence-electron chi connectivity index (χ1n) is 9.76. The lowest BCUT2D eigenvalue weighted by atomic mass is 9.53. The average molecular weight is 388 g/mol. The first-order valence-corrected chi connectivity index (χ1v) is 9.76. The molecule has 3 rings (SSSR count). The zero-order chi connectivity index (χ0) is 20.8. The minimum atomic E-state index is -0.708. The number of carbonyl (C=O) groups is 3. The van der Waals surface area contributed by atoms with E-state index in [-0.39, 0.29) is 17.5 Å². The first kappa shape index (κ1) is 20.4. The van der Waals surface area contributed by atoms with E-state index in [1.54, 1.807) is 19.9 Å². The molecule has 1 aromatic heterocycles. The molecule has 28 heavy (non-hydrogen) atoms. The van der Waals surface area contributed by atoms with Crippen LogP contribution in [0.5, 0.6) is 0 Å². The Morgan fingerprint density at radius 3 is 2.54 bits per heavy atom. The van der Waals surface area contributed by atoms with Crippen molar-refractivity contribution in [2.75, 3.05) is 0 Å². The van der Waals surface area contributed by atoms with Crippen LogP contribution in [-0.4, -0.2) is 23.8 Å². The minimum Gasteiger partial charge on any atom is -0.462 e. The van der Waals surface area contributed by atoms with Crippen molar-refractivity contribution in [3.63, 3.8) is 0 Å². The largest absolute Gasteiger partial charge is 0.462 e. The van der Waals surface area contributed by atoms with Gasteiger partial charge in [0.2, 0.25) is 5.78 Å². The monoisotopic (exact) mass is 388 g/mol. The third kappa shape index (κ3) is 2.99. The van der Waals surface area contributed by atoms with Crippen molar-refractivity contribution in [2.45, 2.75) is 66.6 Å². The van der Waals surface area contributed by atoms with Gasteiger partial charge in [0.1, 0.15) is 12.2 Å². The second-order valence-electron chi connectivity index (χ2n) is 8.25. The van der Waals surface area contributed by atoms with Gasteiger partial charge in [-0.1, -0.05) is 19.9 Å². The van der Waals surface area contributed by atoms with Crippen LogP contribution in [0, 0.1) is 24.2 Å². The normalized spacial score (nSPS) is 32.4. The number of hydrogen-bond acceptors (Lipinski definition) is 6. The zero-order valence-corrected chi connectivity index (χ0v) is 17.3. The number of allylic oxidation sites excluding steroid dienone is 1. The molecular weight excluding hydrogens is 360 g/mol. The molecule has 6 heteroatoms. The molecule has 0 N–H and O–H groups in total. The lowest BCUT2D eigenvalue weighted by Crippen LogP contribution is -2.56. The Morgan fingerprint density at radius 1 is 1.25 bits per heavy atom. The number of esters is 2. The highest BCUT2D eigenvalue weighted by molar-refractivity contribution is 6.00. The molecule has 5 atom stereocenters. The number of carbonyl (C=O) groups excluding carboxylic acids is 3. The van der Waals surface area contributed by atoms with Gasteiger partial charge in [0.05, 0.1) is 12.2 Å². The van der Waals surface area contributed by atoms with E-state index in [1.807, 2.05) is 13.8 Å². The van der Waals surface area contributed by atoms with Gasteiger partial charge >= 0.3 is 11.9 Å². The second kappa shape index (κ2) is 7.22. The average Bonchev–Trinajstić information content (AvgIpc) is 3.02. The topological polar surface area (TPSA) is 82.8 Å². The van der Waals surface area contributed by atoms with Crippen LogP contribution in [-0.2, 0) is 19.1 Å². The Morgan fingerprint density at radius 2 is 1.93 bits per heavy atom. The van der Waals surface area contributed by atoms with Gasteiger partial charge in [-0.3, -0.25) is 9.59 Å². The molecule has 2 aliphatic carbocycles. The number of rotatable bonds is 3. The number of ketones is 1. The lowest BCUT2D eigenvalue weighted by Gasteiger charge is -2.53. The maximum absolute atomic E-state index is 13.4. The van der Waals surface area contributed by atoms with E-state index in [2.05, 4.69) is 6.92 Å². The van der Waals surface area contributed by atoms with E-state index in [9.17, 15) is 14.4 Å². The third-order valence-corrected chi connectivity index (χ3v) is 6.64. The molecule has 0 bridgehead atoms. The number of furan rings is 1. The fraction of sp³-hybridized carbons (Fsp3) is 0.591. The van der Waals surface area contributed by atoms with E-state index in [0.717, 1.165) is 12.0 Å². The van der Waals surface area contributed by atoms with E-state index in [4.69, 9.17) is 13.9 Å². The van der Waals surface area contributed by atoms with Gasteiger partial charge in [-0.05, 0) is 45.1 Å². The molecule has 0 amide bonds. The molecule has 1 fully saturated rings. The van der Waals surface area contributed by atoms with E-state index in [1.165, 1.54) is 13.2 Å². The molecule has 6 nitrogen and oxygen atoms in total. The molecule has 1 aromatic rings. The molecule has 0 saturated heterocycles. The highest BCUT2D eigenvalue weighted by atomic mass is 16.6. The molecule has 1 heterocycles. The van der Waals surface area contributed by atoms with Gasteiger partial charge in [-0.25, -0.2) is 4.79 Å². The third-order valence-electron chi connectivity index (χ3n) is 6.64. The van der Waals surface area contributed by atoms with Crippen molar-refractivity contribution in [1.82, 2.24) is 0 Å². The SMILES string of the molecule is C/C=C(/C)C(=O)O[C@@H]1c2c(C)coc2C(=O)[C@@H]2[C@@H](OC(C)=O)CC[C@H](C)[C@@]12C. The smallest absolute Gasteiger partial charge is 0.334 e. The highest BCUT2D eigenvalue weighted by Gasteiger charge is 2.62. The van der Waals surface area contributed by atoms with Crippen molar-refractivity contribution in [3.05, 3.63) is 34.8 Å². The van der Waals surface area contributed by atoms with Crippen molar-refractivity contribution < 1.29 is 28.3 Å². The molecule has 152 valence electrons.